The van der Waals surface area contributed by atoms with Crippen molar-refractivity contribution in [3.8, 4) is 22.6 Å². The van der Waals surface area contributed by atoms with Crippen LogP contribution in [0.3, 0.4) is 0 Å². The third-order valence-electron chi connectivity index (χ3n) is 4.23. The van der Waals surface area contributed by atoms with E-state index in [1.807, 2.05) is 66.4 Å². The largest absolute Gasteiger partial charge is 0.305 e. The Morgan fingerprint density at radius 2 is 1.86 bits per heavy atom. The number of aromatic nitrogens is 5. The van der Waals surface area contributed by atoms with E-state index in [0.29, 0.717) is 10.3 Å². The van der Waals surface area contributed by atoms with Crippen molar-refractivity contribution in [2.24, 2.45) is 7.05 Å². The first-order valence-corrected chi connectivity index (χ1v) is 10.7. The smallest absolute Gasteiger partial charge is 0.239 e. The average Bonchev–Trinajstić information content (AvgIpc) is 3.36. The number of hydrogen-bond donors (Lipinski definition) is 1. The number of nitrogens with zero attached hydrogens (tertiary/aromatic N) is 5. The summed E-state index contributed by atoms with van der Waals surface area (Å²) in [6.07, 6.45) is 3.43. The van der Waals surface area contributed by atoms with Crippen molar-refractivity contribution in [1.29, 1.82) is 0 Å². The normalized spacial score (nSPS) is 11.9. The van der Waals surface area contributed by atoms with Crippen LogP contribution in [-0.4, -0.2) is 35.9 Å². The number of hydrogen-bond acceptors (Lipinski definition) is 7. The highest BCUT2D eigenvalue weighted by atomic mass is 32.2. The molecular weight excluding hydrogens is 404 g/mol. The molecule has 0 aliphatic heterocycles. The molecule has 7 nitrogen and oxygen atoms in total. The van der Waals surface area contributed by atoms with Gasteiger partial charge in [-0.1, -0.05) is 42.1 Å². The molecule has 1 aromatic carbocycles. The number of amides is 1. The molecule has 1 atom stereocenters. The maximum absolute atomic E-state index is 12.6. The maximum Gasteiger partial charge on any atom is 0.239 e. The first-order valence-electron chi connectivity index (χ1n) is 8.90. The number of anilines is 1. The topological polar surface area (TPSA) is 85.6 Å². The Labute approximate surface area is 176 Å². The van der Waals surface area contributed by atoms with Gasteiger partial charge in [-0.05, 0) is 19.1 Å². The molecule has 1 N–H and O–H groups in total. The fourth-order valence-electron chi connectivity index (χ4n) is 2.66. The summed E-state index contributed by atoms with van der Waals surface area (Å²) in [5, 5.41) is 14.2. The first kappa shape index (κ1) is 19.3. The SMILES string of the molecule is CC(Sc1nnc(-c2ccncc2)n1C)C(=O)Nc1nc(-c2ccccc2)cs1. The van der Waals surface area contributed by atoms with Gasteiger partial charge in [0.05, 0.1) is 10.9 Å². The van der Waals surface area contributed by atoms with E-state index in [2.05, 4.69) is 25.5 Å². The van der Waals surface area contributed by atoms with Crippen LogP contribution < -0.4 is 5.32 Å². The molecule has 0 spiro atoms. The van der Waals surface area contributed by atoms with Gasteiger partial charge in [0.15, 0.2) is 16.1 Å². The minimum atomic E-state index is -0.354. The van der Waals surface area contributed by atoms with E-state index in [-0.39, 0.29) is 11.2 Å². The van der Waals surface area contributed by atoms with E-state index in [1.54, 1.807) is 12.4 Å². The zero-order valence-corrected chi connectivity index (χ0v) is 17.4. The number of rotatable bonds is 6. The molecule has 0 bridgehead atoms. The number of thioether (sulfide) groups is 1. The lowest BCUT2D eigenvalue weighted by molar-refractivity contribution is -0.115. The number of carbonyl (C=O) groups is 1. The summed E-state index contributed by atoms with van der Waals surface area (Å²) in [6, 6.07) is 13.6. The van der Waals surface area contributed by atoms with Gasteiger partial charge in [0, 0.05) is 35.9 Å². The molecule has 0 aliphatic carbocycles. The Morgan fingerprint density at radius 3 is 2.62 bits per heavy atom. The zero-order valence-electron chi connectivity index (χ0n) is 15.8. The molecule has 1 unspecified atom stereocenters. The average molecular weight is 423 g/mol. The highest BCUT2D eigenvalue weighted by molar-refractivity contribution is 8.00. The molecule has 9 heteroatoms. The highest BCUT2D eigenvalue weighted by Crippen LogP contribution is 2.28. The first-order chi connectivity index (χ1) is 14.1. The molecule has 0 fully saturated rings. The molecule has 0 saturated carbocycles. The van der Waals surface area contributed by atoms with Gasteiger partial charge in [0.25, 0.3) is 0 Å². The van der Waals surface area contributed by atoms with Crippen molar-refractivity contribution in [3.05, 3.63) is 60.2 Å². The van der Waals surface area contributed by atoms with Gasteiger partial charge in [-0.25, -0.2) is 4.98 Å². The van der Waals surface area contributed by atoms with Gasteiger partial charge in [-0.2, -0.15) is 0 Å². The fraction of sp³-hybridized carbons (Fsp3) is 0.150. The monoisotopic (exact) mass is 422 g/mol. The zero-order chi connectivity index (χ0) is 20.2. The van der Waals surface area contributed by atoms with Crippen LogP contribution in [0.5, 0.6) is 0 Å². The van der Waals surface area contributed by atoms with E-state index in [4.69, 9.17) is 0 Å². The fourth-order valence-corrected chi connectivity index (χ4v) is 4.20. The van der Waals surface area contributed by atoms with Gasteiger partial charge < -0.3 is 9.88 Å². The van der Waals surface area contributed by atoms with Crippen LogP contribution in [0, 0.1) is 0 Å². The third-order valence-corrected chi connectivity index (χ3v) is 6.12. The molecule has 4 aromatic rings. The summed E-state index contributed by atoms with van der Waals surface area (Å²) < 4.78 is 1.88. The van der Waals surface area contributed by atoms with Crippen LogP contribution in [0.4, 0.5) is 5.13 Å². The van der Waals surface area contributed by atoms with Crippen LogP contribution in [0.2, 0.25) is 0 Å². The predicted molar refractivity (Wildman–Crippen MR) is 116 cm³/mol. The minimum Gasteiger partial charge on any atom is -0.305 e. The number of nitrogens with one attached hydrogen (secondary N) is 1. The minimum absolute atomic E-state index is 0.127. The van der Waals surface area contributed by atoms with E-state index < -0.39 is 0 Å². The van der Waals surface area contributed by atoms with E-state index >= 15 is 0 Å². The third kappa shape index (κ3) is 4.36. The second kappa shape index (κ2) is 8.54. The van der Waals surface area contributed by atoms with Gasteiger partial charge in [0.2, 0.25) is 5.91 Å². The number of benzene rings is 1. The Morgan fingerprint density at radius 1 is 1.10 bits per heavy atom. The van der Waals surface area contributed by atoms with Gasteiger partial charge in [-0.15, -0.1) is 21.5 Å². The van der Waals surface area contributed by atoms with Gasteiger partial charge in [0.1, 0.15) is 0 Å². The van der Waals surface area contributed by atoms with Crippen LogP contribution in [0.15, 0.2) is 65.4 Å². The molecule has 4 rings (SSSR count). The van der Waals surface area contributed by atoms with Crippen LogP contribution in [0.1, 0.15) is 6.92 Å². The van der Waals surface area contributed by atoms with Gasteiger partial charge in [-0.3, -0.25) is 9.78 Å². The molecule has 0 saturated heterocycles. The molecular formula is C20H18N6OS2. The van der Waals surface area contributed by atoms with Crippen molar-refractivity contribution in [3.63, 3.8) is 0 Å². The lowest BCUT2D eigenvalue weighted by Crippen LogP contribution is -2.22. The molecule has 0 aliphatic rings. The summed E-state index contributed by atoms with van der Waals surface area (Å²) in [7, 11) is 1.88. The van der Waals surface area contributed by atoms with Gasteiger partial charge >= 0.3 is 0 Å². The summed E-state index contributed by atoms with van der Waals surface area (Å²) in [6.45, 7) is 1.84. The number of pyridine rings is 1. The van der Waals surface area contributed by atoms with Crippen molar-refractivity contribution in [2.75, 3.05) is 5.32 Å². The molecule has 29 heavy (non-hydrogen) atoms. The van der Waals surface area contributed by atoms with Crippen molar-refractivity contribution in [2.45, 2.75) is 17.3 Å². The summed E-state index contributed by atoms with van der Waals surface area (Å²) in [5.41, 5.74) is 2.80. The molecule has 3 heterocycles. The Kier molecular flexibility index (Phi) is 5.68. The molecule has 3 aromatic heterocycles. The second-order valence-corrected chi connectivity index (χ2v) is 8.42. The van der Waals surface area contributed by atoms with Crippen LogP contribution in [-0.2, 0) is 11.8 Å². The predicted octanol–water partition coefficient (Wildman–Crippen LogP) is 4.12. The molecule has 1 amide bonds. The lowest BCUT2D eigenvalue weighted by atomic mass is 10.2. The summed E-state index contributed by atoms with van der Waals surface area (Å²) >= 11 is 2.76. The molecule has 146 valence electrons. The number of thiazole rings is 1. The molecule has 0 radical (unpaired) electrons. The van der Waals surface area contributed by atoms with Crippen molar-refractivity contribution in [1.82, 2.24) is 24.7 Å². The number of carbonyl (C=O) groups excluding carboxylic acids is 1. The van der Waals surface area contributed by atoms with E-state index in [1.165, 1.54) is 23.1 Å². The second-order valence-electron chi connectivity index (χ2n) is 6.25. The maximum atomic E-state index is 12.6. The van der Waals surface area contributed by atoms with Crippen molar-refractivity contribution >= 4 is 34.1 Å². The Balaban J connectivity index is 1.42. The van der Waals surface area contributed by atoms with Crippen molar-refractivity contribution < 1.29 is 4.79 Å². The van der Waals surface area contributed by atoms with Crippen LogP contribution >= 0.6 is 23.1 Å². The van der Waals surface area contributed by atoms with E-state index in [0.717, 1.165) is 22.6 Å². The quantitative estimate of drug-likeness (QED) is 0.471. The Hall–Kier alpha value is -3.04. The van der Waals surface area contributed by atoms with E-state index in [9.17, 15) is 4.79 Å². The standard InChI is InChI=1S/C20H18N6OS2/c1-13(29-20-25-24-17(26(20)2)15-8-10-21-11-9-15)18(27)23-19-22-16(12-28-19)14-6-4-3-5-7-14/h3-13H,1-2H3,(H,22,23,27). The summed E-state index contributed by atoms with van der Waals surface area (Å²) in [5.74, 6) is 0.604. The lowest BCUT2D eigenvalue weighted by Gasteiger charge is -2.10. The Bertz CT molecular complexity index is 1110. The summed E-state index contributed by atoms with van der Waals surface area (Å²) in [4.78, 5) is 21.1. The van der Waals surface area contributed by atoms with Crippen LogP contribution in [0.25, 0.3) is 22.6 Å². The highest BCUT2D eigenvalue weighted by Gasteiger charge is 2.20.